The lowest BCUT2D eigenvalue weighted by molar-refractivity contribution is 0.102. The van der Waals surface area contributed by atoms with Gasteiger partial charge >= 0.3 is 0 Å². The van der Waals surface area contributed by atoms with Gasteiger partial charge < -0.3 is 14.8 Å². The number of benzene rings is 2. The minimum absolute atomic E-state index is 0.283. The number of halogens is 1. The van der Waals surface area contributed by atoms with Crippen LogP contribution >= 0.6 is 11.6 Å². The Labute approximate surface area is 154 Å². The molecule has 1 amide bonds. The zero-order chi connectivity index (χ0) is 18.1. The van der Waals surface area contributed by atoms with Gasteiger partial charge in [0.2, 0.25) is 0 Å². The third kappa shape index (κ3) is 3.06. The van der Waals surface area contributed by atoms with Gasteiger partial charge in [0, 0.05) is 30.7 Å². The number of rotatable bonds is 3. The van der Waals surface area contributed by atoms with E-state index in [2.05, 4.69) is 15.6 Å². The predicted molar refractivity (Wildman–Crippen MR) is 98.2 cm³/mol. The van der Waals surface area contributed by atoms with E-state index in [1.165, 1.54) is 0 Å². The van der Waals surface area contributed by atoms with Gasteiger partial charge in [-0.2, -0.15) is 0 Å². The number of anilines is 1. The minimum atomic E-state index is -0.283. The van der Waals surface area contributed by atoms with Crippen LogP contribution in [0.5, 0.6) is 11.5 Å². The van der Waals surface area contributed by atoms with Crippen LogP contribution in [0, 0.1) is 0 Å². The molecule has 1 N–H and O–H groups in total. The van der Waals surface area contributed by atoms with Gasteiger partial charge in [-0.25, -0.2) is 4.68 Å². The van der Waals surface area contributed by atoms with Gasteiger partial charge in [0.1, 0.15) is 5.52 Å². The molecule has 0 bridgehead atoms. The third-order valence-electron chi connectivity index (χ3n) is 4.16. The van der Waals surface area contributed by atoms with Crippen LogP contribution in [-0.2, 0) is 6.54 Å². The van der Waals surface area contributed by atoms with Crippen LogP contribution in [0.1, 0.15) is 23.7 Å². The fourth-order valence-corrected chi connectivity index (χ4v) is 3.02. The number of carbonyl (C=O) groups is 1. The fraction of sp³-hybridized carbons (Fsp3) is 0.278. The van der Waals surface area contributed by atoms with Crippen molar-refractivity contribution in [2.45, 2.75) is 19.9 Å². The molecule has 0 atom stereocenters. The number of nitrogens with one attached hydrogen (secondary N) is 1. The van der Waals surface area contributed by atoms with E-state index in [9.17, 15) is 4.79 Å². The van der Waals surface area contributed by atoms with Crippen molar-refractivity contribution in [3.8, 4) is 11.5 Å². The Kier molecular flexibility index (Phi) is 4.38. The molecule has 2 aromatic carbocycles. The van der Waals surface area contributed by atoms with E-state index in [1.807, 2.05) is 13.0 Å². The molecule has 0 aliphatic carbocycles. The maximum absolute atomic E-state index is 12.6. The first-order valence-electron chi connectivity index (χ1n) is 8.39. The molecular formula is C18H17ClN4O3. The van der Waals surface area contributed by atoms with E-state index in [1.54, 1.807) is 28.9 Å². The second-order valence-electron chi connectivity index (χ2n) is 5.89. The SMILES string of the molecule is CCn1nnc2cc(C(=O)Nc3cc4c(cc3Cl)OCCCO4)ccc21. The first kappa shape index (κ1) is 16.7. The second-order valence-corrected chi connectivity index (χ2v) is 6.30. The first-order valence-corrected chi connectivity index (χ1v) is 8.77. The lowest BCUT2D eigenvalue weighted by Crippen LogP contribution is -2.12. The summed E-state index contributed by atoms with van der Waals surface area (Å²) in [7, 11) is 0. The van der Waals surface area contributed by atoms with Crippen molar-refractivity contribution in [3.63, 3.8) is 0 Å². The van der Waals surface area contributed by atoms with E-state index >= 15 is 0 Å². The van der Waals surface area contributed by atoms with Crippen LogP contribution in [0.25, 0.3) is 11.0 Å². The van der Waals surface area contributed by atoms with Gasteiger partial charge in [0.05, 0.1) is 29.4 Å². The van der Waals surface area contributed by atoms with Crippen molar-refractivity contribution in [2.75, 3.05) is 18.5 Å². The molecule has 0 spiro atoms. The monoisotopic (exact) mass is 372 g/mol. The van der Waals surface area contributed by atoms with Gasteiger partial charge in [-0.3, -0.25) is 4.79 Å². The maximum Gasteiger partial charge on any atom is 0.255 e. The van der Waals surface area contributed by atoms with E-state index in [4.69, 9.17) is 21.1 Å². The third-order valence-corrected chi connectivity index (χ3v) is 4.47. The average molecular weight is 373 g/mol. The van der Waals surface area contributed by atoms with E-state index < -0.39 is 0 Å². The highest BCUT2D eigenvalue weighted by atomic mass is 35.5. The van der Waals surface area contributed by atoms with Gasteiger partial charge in [0.25, 0.3) is 5.91 Å². The van der Waals surface area contributed by atoms with Crippen LogP contribution < -0.4 is 14.8 Å². The number of carbonyl (C=O) groups excluding carboxylic acids is 1. The van der Waals surface area contributed by atoms with Crippen LogP contribution in [0.3, 0.4) is 0 Å². The summed E-state index contributed by atoms with van der Waals surface area (Å²) in [4.78, 5) is 12.6. The Morgan fingerprint density at radius 1 is 1.23 bits per heavy atom. The topological polar surface area (TPSA) is 78.3 Å². The number of hydrogen-bond acceptors (Lipinski definition) is 5. The summed E-state index contributed by atoms with van der Waals surface area (Å²) >= 11 is 6.29. The Morgan fingerprint density at radius 2 is 2.00 bits per heavy atom. The Hall–Kier alpha value is -2.80. The highest BCUT2D eigenvalue weighted by Gasteiger charge is 2.17. The summed E-state index contributed by atoms with van der Waals surface area (Å²) in [6, 6.07) is 8.63. The highest BCUT2D eigenvalue weighted by Crippen LogP contribution is 2.37. The zero-order valence-electron chi connectivity index (χ0n) is 14.2. The lowest BCUT2D eigenvalue weighted by atomic mass is 10.1. The lowest BCUT2D eigenvalue weighted by Gasteiger charge is -2.12. The first-order chi connectivity index (χ1) is 12.7. The molecule has 2 heterocycles. The van der Waals surface area contributed by atoms with Crippen molar-refractivity contribution in [2.24, 2.45) is 0 Å². The van der Waals surface area contributed by atoms with Gasteiger partial charge in [-0.05, 0) is 25.1 Å². The summed E-state index contributed by atoms with van der Waals surface area (Å²) in [5.41, 5.74) is 2.50. The van der Waals surface area contributed by atoms with Gasteiger partial charge in [0.15, 0.2) is 11.5 Å². The Morgan fingerprint density at radius 3 is 2.77 bits per heavy atom. The molecule has 1 aromatic heterocycles. The van der Waals surface area contributed by atoms with Crippen LogP contribution in [0.2, 0.25) is 5.02 Å². The number of ether oxygens (including phenoxy) is 2. The van der Waals surface area contributed by atoms with Crippen LogP contribution in [0.4, 0.5) is 5.69 Å². The van der Waals surface area contributed by atoms with Crippen molar-refractivity contribution in [1.29, 1.82) is 0 Å². The van der Waals surface area contributed by atoms with E-state index in [0.29, 0.717) is 46.5 Å². The zero-order valence-corrected chi connectivity index (χ0v) is 14.9. The molecule has 8 heteroatoms. The summed E-state index contributed by atoms with van der Waals surface area (Å²) < 4.78 is 13.0. The number of amides is 1. The van der Waals surface area contributed by atoms with Gasteiger partial charge in [-0.1, -0.05) is 16.8 Å². The number of aromatic nitrogens is 3. The second kappa shape index (κ2) is 6.84. The molecule has 4 rings (SSSR count). The summed E-state index contributed by atoms with van der Waals surface area (Å²) in [5.74, 6) is 0.876. The molecule has 134 valence electrons. The molecule has 0 fully saturated rings. The summed E-state index contributed by atoms with van der Waals surface area (Å²) in [6.07, 6.45) is 0.798. The Balaban J connectivity index is 1.61. The standard InChI is InChI=1S/C18H17ClN4O3/c1-2-23-15-5-4-11(8-14(15)21-22-23)18(24)20-13-10-17-16(9-12(13)19)25-6-3-7-26-17/h4-5,8-10H,2-3,6-7H2,1H3,(H,20,24). The molecule has 0 radical (unpaired) electrons. The molecule has 7 nitrogen and oxygen atoms in total. The normalized spacial score (nSPS) is 13.5. The van der Waals surface area contributed by atoms with E-state index in [-0.39, 0.29) is 5.91 Å². The highest BCUT2D eigenvalue weighted by molar-refractivity contribution is 6.34. The average Bonchev–Trinajstić information content (AvgIpc) is 2.93. The number of hydrogen-bond donors (Lipinski definition) is 1. The summed E-state index contributed by atoms with van der Waals surface area (Å²) in [5, 5.41) is 11.4. The van der Waals surface area contributed by atoms with Crippen LogP contribution in [0.15, 0.2) is 30.3 Å². The minimum Gasteiger partial charge on any atom is -0.490 e. The Bertz CT molecular complexity index is 986. The van der Waals surface area contributed by atoms with Crippen molar-refractivity contribution in [3.05, 3.63) is 40.9 Å². The fourth-order valence-electron chi connectivity index (χ4n) is 2.82. The molecule has 0 unspecified atom stereocenters. The number of nitrogens with zero attached hydrogens (tertiary/aromatic N) is 3. The molecule has 0 saturated heterocycles. The summed E-state index contributed by atoms with van der Waals surface area (Å²) in [6.45, 7) is 3.84. The van der Waals surface area contributed by atoms with E-state index in [0.717, 1.165) is 18.5 Å². The number of aryl methyl sites for hydroxylation is 1. The predicted octanol–water partition coefficient (Wildman–Crippen LogP) is 3.52. The van der Waals surface area contributed by atoms with Crippen molar-refractivity contribution < 1.29 is 14.3 Å². The molecule has 1 aliphatic heterocycles. The van der Waals surface area contributed by atoms with Crippen molar-refractivity contribution >= 4 is 34.2 Å². The van der Waals surface area contributed by atoms with Crippen LogP contribution in [-0.4, -0.2) is 34.1 Å². The number of fused-ring (bicyclic) bond motifs is 2. The largest absolute Gasteiger partial charge is 0.490 e. The van der Waals surface area contributed by atoms with Gasteiger partial charge in [-0.15, -0.1) is 5.10 Å². The maximum atomic E-state index is 12.6. The molecule has 26 heavy (non-hydrogen) atoms. The molecular weight excluding hydrogens is 356 g/mol. The molecule has 1 aliphatic rings. The van der Waals surface area contributed by atoms with Crippen molar-refractivity contribution in [1.82, 2.24) is 15.0 Å². The smallest absolute Gasteiger partial charge is 0.255 e. The molecule has 3 aromatic rings. The quantitative estimate of drug-likeness (QED) is 0.761. The molecule has 0 saturated carbocycles.